The van der Waals surface area contributed by atoms with Crippen LogP contribution in [0, 0.1) is 6.92 Å². The summed E-state index contributed by atoms with van der Waals surface area (Å²) in [6.07, 6.45) is 0. The van der Waals surface area contributed by atoms with E-state index < -0.39 is 0 Å². The molecule has 0 aliphatic rings. The highest BCUT2D eigenvalue weighted by atomic mass is 32.1. The monoisotopic (exact) mass is 328 g/mol. The molecule has 0 unspecified atom stereocenters. The number of thiazole rings is 1. The zero-order valence-corrected chi connectivity index (χ0v) is 13.9. The molecule has 0 radical (unpaired) electrons. The number of carbonyl (C=O) groups is 1. The molecular formula is C17H16N2O3S. The van der Waals surface area contributed by atoms with Crippen molar-refractivity contribution >= 4 is 32.6 Å². The summed E-state index contributed by atoms with van der Waals surface area (Å²) in [6, 6.07) is 11.0. The molecule has 1 amide bonds. The molecule has 0 atom stereocenters. The number of fused-ring (bicyclic) bond motifs is 1. The van der Waals surface area contributed by atoms with Gasteiger partial charge in [-0.15, -0.1) is 0 Å². The van der Waals surface area contributed by atoms with Crippen LogP contribution in [0.15, 0.2) is 36.4 Å². The Morgan fingerprint density at radius 3 is 2.52 bits per heavy atom. The Labute approximate surface area is 137 Å². The van der Waals surface area contributed by atoms with Crippen molar-refractivity contribution in [3.8, 4) is 11.5 Å². The second kappa shape index (κ2) is 6.26. The number of nitrogens with zero attached hydrogens (tertiary/aromatic N) is 1. The summed E-state index contributed by atoms with van der Waals surface area (Å²) in [6.45, 7) is 1.98. The van der Waals surface area contributed by atoms with Gasteiger partial charge in [-0.1, -0.05) is 29.0 Å². The van der Waals surface area contributed by atoms with E-state index in [-0.39, 0.29) is 5.91 Å². The molecule has 1 N–H and O–H groups in total. The lowest BCUT2D eigenvalue weighted by molar-refractivity contribution is 0.102. The van der Waals surface area contributed by atoms with Gasteiger partial charge in [0.25, 0.3) is 5.91 Å². The van der Waals surface area contributed by atoms with E-state index in [0.717, 1.165) is 10.3 Å². The second-order valence-electron chi connectivity index (χ2n) is 5.02. The molecule has 0 saturated carbocycles. The predicted octanol–water partition coefficient (Wildman–Crippen LogP) is 3.87. The number of hydrogen-bond donors (Lipinski definition) is 1. The van der Waals surface area contributed by atoms with E-state index in [1.165, 1.54) is 11.3 Å². The number of amides is 1. The fourth-order valence-corrected chi connectivity index (χ4v) is 3.08. The van der Waals surface area contributed by atoms with Crippen molar-refractivity contribution in [2.75, 3.05) is 19.5 Å². The highest BCUT2D eigenvalue weighted by Crippen LogP contribution is 2.36. The van der Waals surface area contributed by atoms with Gasteiger partial charge in [0.2, 0.25) is 0 Å². The number of anilines is 1. The fourth-order valence-electron chi connectivity index (χ4n) is 2.18. The molecule has 1 heterocycles. The third-order valence-electron chi connectivity index (χ3n) is 3.42. The van der Waals surface area contributed by atoms with Crippen molar-refractivity contribution in [3.63, 3.8) is 0 Å². The highest BCUT2D eigenvalue weighted by molar-refractivity contribution is 7.22. The minimum Gasteiger partial charge on any atom is -0.497 e. The van der Waals surface area contributed by atoms with Crippen LogP contribution in [0.2, 0.25) is 0 Å². The Balaban J connectivity index is 1.91. The minimum atomic E-state index is -0.185. The van der Waals surface area contributed by atoms with Crippen molar-refractivity contribution in [2.45, 2.75) is 6.92 Å². The lowest BCUT2D eigenvalue weighted by atomic mass is 10.1. The maximum atomic E-state index is 12.3. The number of aromatic nitrogens is 1. The molecule has 0 saturated heterocycles. The van der Waals surface area contributed by atoms with Gasteiger partial charge in [-0.05, 0) is 25.1 Å². The number of carbonyl (C=O) groups excluding carboxylic acids is 1. The van der Waals surface area contributed by atoms with Crippen LogP contribution in [-0.4, -0.2) is 25.1 Å². The van der Waals surface area contributed by atoms with Crippen molar-refractivity contribution in [2.24, 2.45) is 0 Å². The van der Waals surface area contributed by atoms with Crippen molar-refractivity contribution in [3.05, 3.63) is 47.5 Å². The van der Waals surface area contributed by atoms with Gasteiger partial charge in [0, 0.05) is 11.6 Å². The number of aryl methyl sites for hydroxylation is 1. The van der Waals surface area contributed by atoms with Crippen LogP contribution >= 0.6 is 11.3 Å². The third-order valence-corrected chi connectivity index (χ3v) is 4.34. The molecule has 0 bridgehead atoms. The number of hydrogen-bond acceptors (Lipinski definition) is 5. The molecule has 0 fully saturated rings. The van der Waals surface area contributed by atoms with E-state index in [0.29, 0.717) is 27.7 Å². The molecule has 23 heavy (non-hydrogen) atoms. The van der Waals surface area contributed by atoms with Gasteiger partial charge in [0.05, 0.1) is 18.9 Å². The van der Waals surface area contributed by atoms with Crippen LogP contribution in [0.1, 0.15) is 15.9 Å². The molecule has 5 nitrogen and oxygen atoms in total. The molecule has 1 aromatic heterocycles. The molecule has 0 spiro atoms. The van der Waals surface area contributed by atoms with E-state index in [1.54, 1.807) is 32.4 Å². The SMILES string of the molecule is COc1cc(OC)c2nc(NC(=O)c3ccc(C)cc3)sc2c1. The van der Waals surface area contributed by atoms with E-state index in [9.17, 15) is 4.79 Å². The molecule has 0 aliphatic carbocycles. The fraction of sp³-hybridized carbons (Fsp3) is 0.176. The zero-order chi connectivity index (χ0) is 16.4. The first-order valence-corrected chi connectivity index (χ1v) is 7.83. The first-order valence-electron chi connectivity index (χ1n) is 7.01. The number of rotatable bonds is 4. The summed E-state index contributed by atoms with van der Waals surface area (Å²) in [5.74, 6) is 1.12. The Hall–Kier alpha value is -2.60. The van der Waals surface area contributed by atoms with Crippen LogP contribution in [0.5, 0.6) is 11.5 Å². The molecule has 6 heteroatoms. The summed E-state index contributed by atoms with van der Waals surface area (Å²) in [4.78, 5) is 16.7. The topological polar surface area (TPSA) is 60.5 Å². The Morgan fingerprint density at radius 1 is 1.13 bits per heavy atom. The summed E-state index contributed by atoms with van der Waals surface area (Å²) in [5, 5.41) is 3.35. The smallest absolute Gasteiger partial charge is 0.257 e. The molecule has 0 aliphatic heterocycles. The second-order valence-corrected chi connectivity index (χ2v) is 6.05. The average molecular weight is 328 g/mol. The lowest BCUT2D eigenvalue weighted by Gasteiger charge is -2.03. The van der Waals surface area contributed by atoms with Crippen molar-refractivity contribution in [1.29, 1.82) is 0 Å². The van der Waals surface area contributed by atoms with Crippen molar-refractivity contribution in [1.82, 2.24) is 4.98 Å². The van der Waals surface area contributed by atoms with Gasteiger partial charge in [0.1, 0.15) is 17.0 Å². The van der Waals surface area contributed by atoms with Crippen LogP contribution in [0.25, 0.3) is 10.2 Å². The zero-order valence-electron chi connectivity index (χ0n) is 13.0. The summed E-state index contributed by atoms with van der Waals surface area (Å²) < 4.78 is 11.5. The van der Waals surface area contributed by atoms with Crippen molar-refractivity contribution < 1.29 is 14.3 Å². The van der Waals surface area contributed by atoms with Gasteiger partial charge < -0.3 is 9.47 Å². The molecule has 2 aromatic carbocycles. The van der Waals surface area contributed by atoms with E-state index in [2.05, 4.69) is 10.3 Å². The Kier molecular flexibility index (Phi) is 4.16. The third kappa shape index (κ3) is 3.12. The van der Waals surface area contributed by atoms with Gasteiger partial charge in [-0.2, -0.15) is 0 Å². The molecule has 3 rings (SSSR count). The van der Waals surface area contributed by atoms with Gasteiger partial charge in [-0.25, -0.2) is 4.98 Å². The lowest BCUT2D eigenvalue weighted by Crippen LogP contribution is -2.11. The van der Waals surface area contributed by atoms with Gasteiger partial charge >= 0.3 is 0 Å². The van der Waals surface area contributed by atoms with E-state index in [4.69, 9.17) is 9.47 Å². The Morgan fingerprint density at radius 2 is 1.87 bits per heavy atom. The number of methoxy groups -OCH3 is 2. The normalized spacial score (nSPS) is 10.6. The largest absolute Gasteiger partial charge is 0.497 e. The molecule has 3 aromatic rings. The summed E-state index contributed by atoms with van der Waals surface area (Å²) in [7, 11) is 3.18. The maximum absolute atomic E-state index is 12.3. The minimum absolute atomic E-state index is 0.185. The van der Waals surface area contributed by atoms with E-state index in [1.807, 2.05) is 25.1 Å². The number of benzene rings is 2. The quantitative estimate of drug-likeness (QED) is 0.790. The molecular weight excluding hydrogens is 312 g/mol. The Bertz CT molecular complexity index is 856. The van der Waals surface area contributed by atoms with Gasteiger partial charge in [0.15, 0.2) is 5.13 Å². The summed E-state index contributed by atoms with van der Waals surface area (Å²) >= 11 is 1.38. The highest BCUT2D eigenvalue weighted by Gasteiger charge is 2.14. The summed E-state index contributed by atoms with van der Waals surface area (Å²) in [5.41, 5.74) is 2.41. The average Bonchev–Trinajstić information content (AvgIpc) is 2.96. The van der Waals surface area contributed by atoms with Crippen LogP contribution in [0.3, 0.4) is 0 Å². The number of ether oxygens (including phenoxy) is 2. The standard InChI is InChI=1S/C17H16N2O3S/c1-10-4-6-11(7-5-10)16(20)19-17-18-15-13(22-3)8-12(21-2)9-14(15)23-17/h4-9H,1-3H3,(H,18,19,20). The maximum Gasteiger partial charge on any atom is 0.257 e. The first-order chi connectivity index (χ1) is 11.1. The first kappa shape index (κ1) is 15.3. The van der Waals surface area contributed by atoms with Gasteiger partial charge in [-0.3, -0.25) is 10.1 Å². The van der Waals surface area contributed by atoms with Crippen LogP contribution in [0.4, 0.5) is 5.13 Å². The van der Waals surface area contributed by atoms with Crippen LogP contribution in [-0.2, 0) is 0 Å². The molecule has 118 valence electrons. The van der Waals surface area contributed by atoms with E-state index >= 15 is 0 Å². The van der Waals surface area contributed by atoms with Crippen LogP contribution < -0.4 is 14.8 Å². The number of nitrogens with one attached hydrogen (secondary N) is 1. The predicted molar refractivity (Wildman–Crippen MR) is 91.9 cm³/mol.